The van der Waals surface area contributed by atoms with Gasteiger partial charge in [-0.1, -0.05) is 5.18 Å². The van der Waals surface area contributed by atoms with E-state index in [1.165, 1.54) is 12.3 Å². The molecule has 2 rings (SSSR count). The fourth-order valence-electron chi connectivity index (χ4n) is 3.22. The normalized spacial score (nSPS) is 21.9. The van der Waals surface area contributed by atoms with Gasteiger partial charge in [0.25, 0.3) is 0 Å². The minimum Gasteiger partial charge on any atom is -0.482 e. The molecule has 30 heavy (non-hydrogen) atoms. The van der Waals surface area contributed by atoms with E-state index in [0.29, 0.717) is 19.5 Å². The van der Waals surface area contributed by atoms with Crippen molar-refractivity contribution >= 4 is 11.6 Å². The van der Waals surface area contributed by atoms with Crippen LogP contribution in [0, 0.1) is 28.1 Å². The maximum atomic E-state index is 12.9. The van der Waals surface area contributed by atoms with Crippen LogP contribution in [-0.2, 0) is 4.79 Å². The predicted octanol–water partition coefficient (Wildman–Crippen LogP) is 1.02. The molecule has 0 radical (unpaired) electrons. The highest BCUT2D eigenvalue weighted by Crippen LogP contribution is 2.27. The Hall–Kier alpha value is -2.82. The highest BCUT2D eigenvalue weighted by molar-refractivity contribution is 5.94. The number of anilines is 1. The number of carbonyl (C=O) groups is 1. The summed E-state index contributed by atoms with van der Waals surface area (Å²) in [7, 11) is 1.70. The van der Waals surface area contributed by atoms with Crippen LogP contribution in [0.15, 0.2) is 23.6 Å². The molecule has 1 amide bonds. The van der Waals surface area contributed by atoms with Gasteiger partial charge >= 0.3 is 6.18 Å². The van der Waals surface area contributed by atoms with Crippen LogP contribution in [0.1, 0.15) is 6.42 Å². The van der Waals surface area contributed by atoms with Crippen molar-refractivity contribution in [3.05, 3.63) is 23.4 Å². The van der Waals surface area contributed by atoms with E-state index in [1.54, 1.807) is 11.9 Å². The first-order chi connectivity index (χ1) is 14.2. The smallest absolute Gasteiger partial charge is 0.422 e. The molecule has 10 nitrogen and oxygen atoms in total. The average Bonchev–Trinajstić information content (AvgIpc) is 2.68. The third-order valence-corrected chi connectivity index (χ3v) is 4.58. The van der Waals surface area contributed by atoms with Crippen LogP contribution in [0.4, 0.5) is 18.9 Å². The van der Waals surface area contributed by atoms with Crippen LogP contribution < -0.4 is 21.1 Å². The van der Waals surface area contributed by atoms with Gasteiger partial charge in [0.15, 0.2) is 12.8 Å². The number of pyridine rings is 1. The molecule has 1 saturated heterocycles. The molecule has 1 aromatic heterocycles. The van der Waals surface area contributed by atoms with Crippen molar-refractivity contribution in [1.82, 2.24) is 15.2 Å². The van der Waals surface area contributed by atoms with Crippen molar-refractivity contribution in [3.63, 3.8) is 0 Å². The number of hydrogen-bond donors (Lipinski definition) is 3. The first-order valence-electron chi connectivity index (χ1n) is 8.99. The Bertz CT molecular complexity index is 787. The number of nitroso groups, excluding NO2 is 1. The number of hydrogen-bond acceptors (Lipinski definition) is 9. The van der Waals surface area contributed by atoms with Crippen LogP contribution in [0.2, 0.25) is 0 Å². The lowest BCUT2D eigenvalue weighted by atomic mass is 9.95. The Morgan fingerprint density at radius 3 is 2.93 bits per heavy atom. The summed E-state index contributed by atoms with van der Waals surface area (Å²) >= 11 is 0. The zero-order valence-electron chi connectivity index (χ0n) is 16.1. The van der Waals surface area contributed by atoms with Gasteiger partial charge in [-0.05, 0) is 13.0 Å². The number of rotatable bonds is 8. The molecule has 0 saturated carbocycles. The summed E-state index contributed by atoms with van der Waals surface area (Å²) in [5.41, 5.74) is 5.66. The van der Waals surface area contributed by atoms with Crippen molar-refractivity contribution in [2.75, 3.05) is 32.1 Å². The summed E-state index contributed by atoms with van der Waals surface area (Å²) in [5, 5.41) is 17.1. The first-order valence-corrected chi connectivity index (χ1v) is 8.99. The van der Waals surface area contributed by atoms with Crippen molar-refractivity contribution in [2.24, 2.45) is 22.7 Å². The van der Waals surface area contributed by atoms with Gasteiger partial charge in [-0.15, -0.1) is 4.91 Å². The van der Waals surface area contributed by atoms with Crippen molar-refractivity contribution in [3.8, 4) is 11.8 Å². The van der Waals surface area contributed by atoms with Gasteiger partial charge in [0.1, 0.15) is 17.4 Å². The molecule has 13 heteroatoms. The predicted molar refractivity (Wildman–Crippen MR) is 99.8 cm³/mol. The summed E-state index contributed by atoms with van der Waals surface area (Å²) < 4.78 is 42.1. The molecule has 1 aromatic rings. The molecule has 4 unspecified atom stereocenters. The average molecular weight is 429 g/mol. The Kier molecular flexibility index (Phi) is 8.04. The molecule has 0 bridgehead atoms. The number of alkyl halides is 3. The molecular weight excluding hydrogens is 407 g/mol. The Morgan fingerprint density at radius 2 is 2.33 bits per heavy atom. The van der Waals surface area contributed by atoms with E-state index in [4.69, 9.17) is 15.7 Å². The summed E-state index contributed by atoms with van der Waals surface area (Å²) in [6.07, 6.45) is -4.01. The highest BCUT2D eigenvalue weighted by atomic mass is 19.4. The first kappa shape index (κ1) is 23.5. The largest absolute Gasteiger partial charge is 0.482 e. The maximum absolute atomic E-state index is 12.9. The minimum absolute atomic E-state index is 0.0288. The van der Waals surface area contributed by atoms with Crippen molar-refractivity contribution < 1.29 is 22.7 Å². The quantitative estimate of drug-likeness (QED) is 0.519. The van der Waals surface area contributed by atoms with Gasteiger partial charge in [-0.25, -0.2) is 0 Å². The zero-order valence-corrected chi connectivity index (χ0v) is 16.1. The number of halogens is 3. The Morgan fingerprint density at radius 1 is 1.60 bits per heavy atom. The fraction of sp³-hybridized carbons (Fsp3) is 0.588. The number of nitrogens with two attached hydrogens (primary N) is 1. The highest BCUT2D eigenvalue weighted by Gasteiger charge is 2.40. The van der Waals surface area contributed by atoms with Gasteiger partial charge < -0.3 is 21.1 Å². The topological polar surface area (TPSA) is 146 Å². The molecule has 1 fully saturated rings. The number of nitrogens with zero attached hydrogens (tertiary/aromatic N) is 4. The Labute approximate surface area is 170 Å². The molecule has 1 aliphatic heterocycles. The summed E-state index contributed by atoms with van der Waals surface area (Å²) in [6, 6.07) is 3.25. The molecule has 1 aliphatic rings. The molecule has 4 N–H and O–H groups in total. The maximum Gasteiger partial charge on any atom is 0.422 e. The second-order valence-corrected chi connectivity index (χ2v) is 6.91. The van der Waals surface area contributed by atoms with Crippen LogP contribution in [0.5, 0.6) is 5.75 Å². The van der Waals surface area contributed by atoms with Gasteiger partial charge in [0, 0.05) is 31.8 Å². The van der Waals surface area contributed by atoms with E-state index in [1.807, 2.05) is 0 Å². The number of aromatic nitrogens is 1. The number of carbonyl (C=O) groups excluding carboxylic acids is 1. The summed E-state index contributed by atoms with van der Waals surface area (Å²) in [4.78, 5) is 29.5. The minimum atomic E-state index is -4.56. The summed E-state index contributed by atoms with van der Waals surface area (Å²) in [6.45, 7) is -0.649. The van der Waals surface area contributed by atoms with Crippen molar-refractivity contribution in [1.29, 1.82) is 5.26 Å². The molecule has 0 aromatic carbocycles. The second kappa shape index (κ2) is 10.3. The van der Waals surface area contributed by atoms with Crippen LogP contribution in [0.25, 0.3) is 0 Å². The van der Waals surface area contributed by atoms with E-state index in [2.05, 4.69) is 26.9 Å². The molecule has 2 heterocycles. The molecular formula is C17H22F3N7O3. The number of nitrogens with one attached hydrogen (secondary N) is 2. The standard InChI is InChI=1S/C17H22F3N7O3/c1-27-8-10(2-4-21)6-24-15(27)13(14(22)26-29)16(28)25-11-7-23-5-3-12(11)30-9-17(18,19)20/h3,5,7,10,13-15,24H,2,6,8-9,22H2,1H3,(H,25,28). The lowest BCUT2D eigenvalue weighted by Gasteiger charge is -2.41. The molecule has 0 aliphatic carbocycles. The van der Waals surface area contributed by atoms with E-state index >= 15 is 0 Å². The number of ether oxygens (including phenoxy) is 1. The molecule has 164 valence electrons. The molecule has 0 spiro atoms. The Balaban J connectivity index is 2.17. The van der Waals surface area contributed by atoms with Gasteiger partial charge in [-0.3, -0.25) is 14.7 Å². The van der Waals surface area contributed by atoms with Gasteiger partial charge in [-0.2, -0.15) is 18.4 Å². The fourth-order valence-corrected chi connectivity index (χ4v) is 3.22. The van der Waals surface area contributed by atoms with Gasteiger partial charge in [0.05, 0.1) is 18.4 Å². The monoisotopic (exact) mass is 429 g/mol. The van der Waals surface area contributed by atoms with Crippen molar-refractivity contribution in [2.45, 2.75) is 24.9 Å². The van der Waals surface area contributed by atoms with Crippen LogP contribution >= 0.6 is 0 Å². The van der Waals surface area contributed by atoms with Crippen LogP contribution in [-0.4, -0.2) is 61.0 Å². The van der Waals surface area contributed by atoms with Gasteiger partial charge in [0.2, 0.25) is 5.91 Å². The summed E-state index contributed by atoms with van der Waals surface area (Å²) in [5.74, 6) is -2.11. The zero-order chi connectivity index (χ0) is 22.3. The van der Waals surface area contributed by atoms with Crippen LogP contribution in [0.3, 0.4) is 0 Å². The second-order valence-electron chi connectivity index (χ2n) is 6.91. The lowest BCUT2D eigenvalue weighted by Crippen LogP contribution is -2.62. The SMILES string of the molecule is CN1CC(CC#N)CNC1C(C(=O)Nc1cnccc1OCC(F)(F)F)C(N)N=O. The molecule has 4 atom stereocenters. The number of amides is 1. The van der Waals surface area contributed by atoms with E-state index < -0.39 is 36.9 Å². The third-order valence-electron chi connectivity index (χ3n) is 4.58. The lowest BCUT2D eigenvalue weighted by molar-refractivity contribution is -0.153. The number of nitriles is 1. The third kappa shape index (κ3) is 6.34. The van der Waals surface area contributed by atoms with E-state index in [9.17, 15) is 22.9 Å². The van der Waals surface area contributed by atoms with E-state index in [-0.39, 0.29) is 17.4 Å². The van der Waals surface area contributed by atoms with E-state index in [0.717, 1.165) is 6.20 Å².